The van der Waals surface area contributed by atoms with Crippen molar-refractivity contribution < 1.29 is 17.9 Å². The molecule has 1 saturated heterocycles. The van der Waals surface area contributed by atoms with Crippen molar-refractivity contribution in [3.05, 3.63) is 51.9 Å². The fraction of sp³-hybridized carbons (Fsp3) is 0.368. The Kier molecular flexibility index (Phi) is 5.58. The third-order valence-electron chi connectivity index (χ3n) is 4.74. The van der Waals surface area contributed by atoms with Crippen molar-refractivity contribution in [3.8, 4) is 0 Å². The van der Waals surface area contributed by atoms with Gasteiger partial charge >= 0.3 is 0 Å². The minimum Gasteiger partial charge on any atom is -0.368 e. The number of hydrogen-bond acceptors (Lipinski definition) is 6. The third kappa shape index (κ3) is 4.33. The Bertz CT molecular complexity index is 980. The van der Waals surface area contributed by atoms with Crippen LogP contribution in [0, 0.1) is 0 Å². The van der Waals surface area contributed by atoms with Crippen molar-refractivity contribution in [1.82, 2.24) is 9.29 Å². The number of amides is 1. The Morgan fingerprint density at radius 3 is 2.89 bits per heavy atom. The van der Waals surface area contributed by atoms with E-state index >= 15 is 0 Å². The summed E-state index contributed by atoms with van der Waals surface area (Å²) in [5.41, 5.74) is 1.69. The molecule has 2 aliphatic heterocycles. The molecule has 4 rings (SSSR count). The topological polar surface area (TPSA) is 88.6 Å². The van der Waals surface area contributed by atoms with Crippen molar-refractivity contribution >= 4 is 38.5 Å². The van der Waals surface area contributed by atoms with Crippen molar-refractivity contribution in [2.45, 2.75) is 31.9 Å². The van der Waals surface area contributed by atoms with Gasteiger partial charge < -0.3 is 4.74 Å². The summed E-state index contributed by atoms with van der Waals surface area (Å²) in [7, 11) is -3.53. The van der Waals surface area contributed by atoms with Crippen molar-refractivity contribution in [3.63, 3.8) is 0 Å². The van der Waals surface area contributed by atoms with Crippen molar-refractivity contribution in [2.24, 2.45) is 0 Å². The van der Waals surface area contributed by atoms with Gasteiger partial charge in [0.2, 0.25) is 10.0 Å². The first kappa shape index (κ1) is 19.3. The van der Waals surface area contributed by atoms with Crippen LogP contribution in [0.1, 0.15) is 29.0 Å². The van der Waals surface area contributed by atoms with Crippen molar-refractivity contribution in [1.29, 1.82) is 0 Å². The molecule has 7 nitrogen and oxygen atoms in total. The highest BCUT2D eigenvalue weighted by atomic mass is 32.2. The lowest BCUT2D eigenvalue weighted by Gasteiger charge is -2.23. The molecule has 1 aromatic heterocycles. The zero-order valence-electron chi connectivity index (χ0n) is 15.2. The van der Waals surface area contributed by atoms with E-state index in [1.165, 1.54) is 21.1 Å². The first-order chi connectivity index (χ1) is 13.5. The van der Waals surface area contributed by atoms with Crippen LogP contribution in [-0.2, 0) is 32.5 Å². The number of benzene rings is 1. The highest BCUT2D eigenvalue weighted by molar-refractivity contribution is 7.92. The highest BCUT2D eigenvalue weighted by Gasteiger charge is 2.29. The van der Waals surface area contributed by atoms with Gasteiger partial charge in [0, 0.05) is 29.9 Å². The molecule has 28 heavy (non-hydrogen) atoms. The molecule has 0 aliphatic carbocycles. The molecular weight excluding hydrogens is 398 g/mol. The molecule has 3 heterocycles. The van der Waals surface area contributed by atoms with Crippen LogP contribution in [-0.4, -0.2) is 42.9 Å². The van der Waals surface area contributed by atoms with E-state index in [0.717, 1.165) is 29.0 Å². The van der Waals surface area contributed by atoms with E-state index in [4.69, 9.17) is 4.74 Å². The van der Waals surface area contributed by atoms with E-state index in [-0.39, 0.29) is 12.5 Å². The van der Waals surface area contributed by atoms with Gasteiger partial charge in [-0.25, -0.2) is 13.4 Å². The average Bonchev–Trinajstić information content (AvgIpc) is 3.36. The summed E-state index contributed by atoms with van der Waals surface area (Å²) in [5.74, 6) is -0.182. The second-order valence-corrected chi connectivity index (χ2v) is 9.62. The van der Waals surface area contributed by atoms with Crippen molar-refractivity contribution in [2.75, 3.05) is 18.5 Å². The highest BCUT2D eigenvalue weighted by Crippen LogP contribution is 2.30. The van der Waals surface area contributed by atoms with Crippen LogP contribution in [0.25, 0.3) is 6.08 Å². The largest absolute Gasteiger partial charge is 0.368 e. The predicted octanol–water partition coefficient (Wildman–Crippen LogP) is 2.62. The van der Waals surface area contributed by atoms with Gasteiger partial charge in [-0.1, -0.05) is 30.3 Å². The fourth-order valence-electron chi connectivity index (χ4n) is 3.23. The fourth-order valence-corrected chi connectivity index (χ4v) is 5.49. The van der Waals surface area contributed by atoms with Gasteiger partial charge in [0.1, 0.15) is 6.10 Å². The second kappa shape index (κ2) is 8.12. The number of carbonyl (C=O) groups excluding carboxylic acids is 1. The van der Waals surface area contributed by atoms with Crippen LogP contribution in [0.4, 0.5) is 5.13 Å². The molecule has 9 heteroatoms. The molecule has 1 N–H and O–H groups in total. The first-order valence-corrected chi connectivity index (χ1v) is 11.5. The number of aromatic nitrogens is 1. The molecule has 0 bridgehead atoms. The third-order valence-corrected chi connectivity index (χ3v) is 7.25. The SMILES string of the molecule is O=C(Nc1nc2c(s1)CN(S(=O)(=O)/C=C/c1ccccc1)CC2)[C@H]1CCCO1. The molecule has 2 aliphatic rings. The van der Waals surface area contributed by atoms with Gasteiger partial charge in [0.25, 0.3) is 5.91 Å². The number of fused-ring (bicyclic) bond motifs is 1. The van der Waals surface area contributed by atoms with Gasteiger partial charge in [-0.15, -0.1) is 11.3 Å². The number of rotatable bonds is 5. The number of anilines is 1. The number of ether oxygens (including phenoxy) is 1. The summed E-state index contributed by atoms with van der Waals surface area (Å²) in [5, 5.41) is 4.55. The molecule has 0 unspecified atom stereocenters. The van der Waals surface area contributed by atoms with Crippen LogP contribution in [0.5, 0.6) is 0 Å². The molecule has 1 atom stereocenters. The number of sulfonamides is 1. The normalized spacial score (nSPS) is 20.4. The minimum atomic E-state index is -3.53. The van der Waals surface area contributed by atoms with Gasteiger partial charge in [-0.3, -0.25) is 10.1 Å². The molecule has 0 spiro atoms. The summed E-state index contributed by atoms with van der Waals surface area (Å²) >= 11 is 1.33. The molecule has 148 valence electrons. The molecule has 1 amide bonds. The van der Waals surface area contributed by atoms with E-state index in [9.17, 15) is 13.2 Å². The maximum absolute atomic E-state index is 12.7. The summed E-state index contributed by atoms with van der Waals surface area (Å²) in [6.07, 6.45) is 3.32. The summed E-state index contributed by atoms with van der Waals surface area (Å²) in [4.78, 5) is 17.5. The maximum Gasteiger partial charge on any atom is 0.255 e. The molecule has 1 fully saturated rings. The molecule has 2 aromatic rings. The number of carbonyl (C=O) groups is 1. The van der Waals surface area contributed by atoms with Crippen LogP contribution in [0.2, 0.25) is 0 Å². The number of nitrogens with zero attached hydrogens (tertiary/aromatic N) is 2. The Morgan fingerprint density at radius 2 is 2.14 bits per heavy atom. The molecule has 1 aromatic carbocycles. The zero-order valence-corrected chi connectivity index (χ0v) is 16.8. The first-order valence-electron chi connectivity index (χ1n) is 9.15. The van der Waals surface area contributed by atoms with Crippen LogP contribution >= 0.6 is 11.3 Å². The van der Waals surface area contributed by atoms with E-state index in [1.807, 2.05) is 30.3 Å². The minimum absolute atomic E-state index is 0.182. The van der Waals surface area contributed by atoms with Crippen LogP contribution in [0.3, 0.4) is 0 Å². The quantitative estimate of drug-likeness (QED) is 0.805. The van der Waals surface area contributed by atoms with E-state index in [0.29, 0.717) is 24.7 Å². The smallest absolute Gasteiger partial charge is 0.255 e. The van der Waals surface area contributed by atoms with Gasteiger partial charge in [-0.05, 0) is 24.5 Å². The molecule has 0 saturated carbocycles. The summed E-state index contributed by atoms with van der Waals surface area (Å²) < 4.78 is 32.2. The van der Waals surface area contributed by atoms with Crippen LogP contribution in [0.15, 0.2) is 35.7 Å². The molecular formula is C19H21N3O4S2. The Labute approximate surface area is 168 Å². The van der Waals surface area contributed by atoms with Gasteiger partial charge in [0.15, 0.2) is 5.13 Å². The maximum atomic E-state index is 12.7. The molecule has 0 radical (unpaired) electrons. The number of thiazole rings is 1. The van der Waals surface area contributed by atoms with E-state index in [1.54, 1.807) is 6.08 Å². The Morgan fingerprint density at radius 1 is 1.32 bits per heavy atom. The van der Waals surface area contributed by atoms with E-state index < -0.39 is 16.1 Å². The monoisotopic (exact) mass is 419 g/mol. The standard InChI is InChI=1S/C19H21N3O4S2/c23-18(16-7-4-11-26-16)21-19-20-15-8-10-22(13-17(15)27-19)28(24,25)12-9-14-5-2-1-3-6-14/h1-3,5-6,9,12,16H,4,7-8,10-11,13H2,(H,20,21,23)/b12-9+/t16-/m1/s1. The number of hydrogen-bond donors (Lipinski definition) is 1. The van der Waals surface area contributed by atoms with Crippen LogP contribution < -0.4 is 5.32 Å². The lowest BCUT2D eigenvalue weighted by Crippen LogP contribution is -2.34. The Hall–Kier alpha value is -2.07. The van der Waals surface area contributed by atoms with Gasteiger partial charge in [-0.2, -0.15) is 4.31 Å². The summed E-state index contributed by atoms with van der Waals surface area (Å²) in [6.45, 7) is 1.25. The Balaban J connectivity index is 1.43. The van der Waals surface area contributed by atoms with E-state index in [2.05, 4.69) is 10.3 Å². The summed E-state index contributed by atoms with van der Waals surface area (Å²) in [6, 6.07) is 9.32. The zero-order chi connectivity index (χ0) is 19.6. The number of nitrogens with one attached hydrogen (secondary N) is 1. The second-order valence-electron chi connectivity index (χ2n) is 6.72. The lowest BCUT2D eigenvalue weighted by molar-refractivity contribution is -0.124. The average molecular weight is 420 g/mol. The lowest BCUT2D eigenvalue weighted by atomic mass is 10.2. The van der Waals surface area contributed by atoms with Gasteiger partial charge in [0.05, 0.1) is 12.2 Å². The predicted molar refractivity (Wildman–Crippen MR) is 108 cm³/mol.